The predicted molar refractivity (Wildman–Crippen MR) is 185 cm³/mol. The van der Waals surface area contributed by atoms with Crippen molar-refractivity contribution >= 4 is 63.3 Å². The van der Waals surface area contributed by atoms with E-state index in [9.17, 15) is 19.5 Å². The van der Waals surface area contributed by atoms with Gasteiger partial charge in [0.05, 0.1) is 24.3 Å². The van der Waals surface area contributed by atoms with E-state index in [1.807, 2.05) is 43.3 Å². The first kappa shape index (κ1) is 33.0. The van der Waals surface area contributed by atoms with E-state index in [1.165, 1.54) is 35.9 Å². The van der Waals surface area contributed by atoms with Crippen LogP contribution >= 0.6 is 34.7 Å². The highest BCUT2D eigenvalue weighted by atomic mass is 35.5. The lowest BCUT2D eigenvalue weighted by Crippen LogP contribution is -2.29. The molecule has 1 aliphatic rings. The summed E-state index contributed by atoms with van der Waals surface area (Å²) in [6.45, 7) is 2.38. The van der Waals surface area contributed by atoms with E-state index >= 15 is 0 Å². The molecule has 1 saturated heterocycles. The van der Waals surface area contributed by atoms with Crippen molar-refractivity contribution in [2.75, 3.05) is 12.0 Å². The Kier molecular flexibility index (Phi) is 9.90. The molecular formula is C36H28ClN3O6S2. The topological polar surface area (TPSA) is 119 Å². The number of ether oxygens (including phenoxy) is 2. The van der Waals surface area contributed by atoms with Crippen LogP contribution in [0.1, 0.15) is 44.2 Å². The number of rotatable bonds is 10. The molecule has 1 fully saturated rings. The molecule has 4 aromatic carbocycles. The van der Waals surface area contributed by atoms with E-state index in [1.54, 1.807) is 48.5 Å². The van der Waals surface area contributed by atoms with Crippen LogP contribution in [0.15, 0.2) is 107 Å². The summed E-state index contributed by atoms with van der Waals surface area (Å²) in [7, 11) is 1.28. The molecule has 0 radical (unpaired) electrons. The Morgan fingerprint density at radius 3 is 2.31 bits per heavy atom. The number of hydrogen-bond acceptors (Lipinski definition) is 10. The van der Waals surface area contributed by atoms with Crippen molar-refractivity contribution in [2.45, 2.75) is 29.7 Å². The van der Waals surface area contributed by atoms with Gasteiger partial charge in [-0.3, -0.25) is 14.5 Å². The molecule has 5 aromatic rings. The minimum atomic E-state index is -1.05. The van der Waals surface area contributed by atoms with Gasteiger partial charge in [0, 0.05) is 16.3 Å². The Balaban J connectivity index is 1.32. The zero-order valence-electron chi connectivity index (χ0n) is 25.8. The number of halogens is 1. The average Bonchev–Trinajstić information content (AvgIpc) is 3.68. The largest absolute Gasteiger partial charge is 0.507 e. The van der Waals surface area contributed by atoms with Crippen LogP contribution in [0, 0.1) is 6.92 Å². The van der Waals surface area contributed by atoms with Crippen LogP contribution in [-0.4, -0.2) is 40.1 Å². The molecule has 242 valence electrons. The fraction of sp³-hybridized carbons (Fsp3) is 0.139. The first-order chi connectivity index (χ1) is 23.2. The van der Waals surface area contributed by atoms with E-state index in [0.29, 0.717) is 38.6 Å². The Bertz CT molecular complexity index is 2010. The molecule has 0 saturated carbocycles. The van der Waals surface area contributed by atoms with E-state index in [4.69, 9.17) is 21.1 Å². The molecule has 1 N–H and O–H groups in total. The lowest BCUT2D eigenvalue weighted by Gasteiger charge is -2.22. The van der Waals surface area contributed by atoms with E-state index in [0.717, 1.165) is 28.0 Å². The summed E-state index contributed by atoms with van der Waals surface area (Å²) < 4.78 is 11.4. The Hall–Kier alpha value is -4.97. The number of ketones is 1. The molecular weight excluding hydrogens is 670 g/mol. The first-order valence-electron chi connectivity index (χ1n) is 14.7. The number of amides is 1. The van der Waals surface area contributed by atoms with Gasteiger partial charge < -0.3 is 14.6 Å². The van der Waals surface area contributed by atoms with Gasteiger partial charge in [-0.15, -0.1) is 10.2 Å². The SMILES string of the molecule is COC(=O)c1ccc(C2C(=C(O)c3ccc(OCc4ccccc4C)cc3)C(=O)C(=O)N2c2nnc(SCc3ccc(Cl)cc3)s2)cc1. The summed E-state index contributed by atoms with van der Waals surface area (Å²) in [6, 6.07) is 27.3. The van der Waals surface area contributed by atoms with Crippen molar-refractivity contribution in [3.8, 4) is 5.75 Å². The number of thioether (sulfide) groups is 1. The molecule has 9 nitrogen and oxygen atoms in total. The number of anilines is 1. The van der Waals surface area contributed by atoms with Crippen LogP contribution in [-0.2, 0) is 26.7 Å². The number of hydrogen-bond donors (Lipinski definition) is 1. The van der Waals surface area contributed by atoms with Gasteiger partial charge in [-0.05, 0) is 77.7 Å². The third kappa shape index (κ3) is 6.98. The summed E-state index contributed by atoms with van der Waals surface area (Å²) in [5.41, 5.74) is 4.15. The fourth-order valence-corrected chi connectivity index (χ4v) is 7.10. The monoisotopic (exact) mass is 697 g/mol. The minimum Gasteiger partial charge on any atom is -0.507 e. The van der Waals surface area contributed by atoms with Gasteiger partial charge in [-0.1, -0.05) is 83.2 Å². The maximum atomic E-state index is 13.6. The predicted octanol–water partition coefficient (Wildman–Crippen LogP) is 7.78. The quantitative estimate of drug-likeness (QED) is 0.0390. The van der Waals surface area contributed by atoms with Crippen molar-refractivity contribution < 1.29 is 29.0 Å². The van der Waals surface area contributed by atoms with Gasteiger partial charge >= 0.3 is 11.9 Å². The van der Waals surface area contributed by atoms with Gasteiger partial charge in [-0.2, -0.15) is 0 Å². The van der Waals surface area contributed by atoms with Crippen LogP contribution in [0.2, 0.25) is 5.02 Å². The van der Waals surface area contributed by atoms with Gasteiger partial charge in [0.25, 0.3) is 5.78 Å². The molecule has 12 heteroatoms. The smallest absolute Gasteiger partial charge is 0.337 e. The number of esters is 1. The summed E-state index contributed by atoms with van der Waals surface area (Å²) in [6.07, 6.45) is 0. The Morgan fingerprint density at radius 1 is 0.938 bits per heavy atom. The fourth-order valence-electron chi connectivity index (χ4n) is 5.15. The number of methoxy groups -OCH3 is 1. The molecule has 1 amide bonds. The first-order valence-corrected chi connectivity index (χ1v) is 16.9. The number of Topliss-reactive ketones (excluding diaryl/α,β-unsaturated/α-hetero) is 1. The van der Waals surface area contributed by atoms with E-state index < -0.39 is 23.7 Å². The average molecular weight is 698 g/mol. The highest BCUT2D eigenvalue weighted by Gasteiger charge is 2.48. The van der Waals surface area contributed by atoms with Crippen molar-refractivity contribution in [3.63, 3.8) is 0 Å². The van der Waals surface area contributed by atoms with Crippen LogP contribution < -0.4 is 9.64 Å². The van der Waals surface area contributed by atoms with Crippen LogP contribution in [0.25, 0.3) is 5.76 Å². The maximum absolute atomic E-state index is 13.6. The third-order valence-electron chi connectivity index (χ3n) is 7.75. The van der Waals surface area contributed by atoms with Crippen molar-refractivity contribution in [2.24, 2.45) is 0 Å². The molecule has 1 atom stereocenters. The van der Waals surface area contributed by atoms with Gasteiger partial charge in [0.1, 0.15) is 18.1 Å². The molecule has 1 aromatic heterocycles. The highest BCUT2D eigenvalue weighted by molar-refractivity contribution is 8.00. The van der Waals surface area contributed by atoms with Crippen LogP contribution in [0.4, 0.5) is 5.13 Å². The summed E-state index contributed by atoms with van der Waals surface area (Å²) >= 11 is 8.59. The van der Waals surface area contributed by atoms with Crippen LogP contribution in [0.3, 0.4) is 0 Å². The summed E-state index contributed by atoms with van der Waals surface area (Å²) in [5.74, 6) is -1.46. The molecule has 48 heavy (non-hydrogen) atoms. The van der Waals surface area contributed by atoms with Crippen molar-refractivity contribution in [1.29, 1.82) is 0 Å². The van der Waals surface area contributed by atoms with Gasteiger partial charge in [0.2, 0.25) is 5.13 Å². The van der Waals surface area contributed by atoms with Crippen molar-refractivity contribution in [1.82, 2.24) is 10.2 Å². The second-order valence-corrected chi connectivity index (χ2v) is 13.4. The Labute approximate surface area is 289 Å². The number of carbonyl (C=O) groups is 3. The van der Waals surface area contributed by atoms with Crippen LogP contribution in [0.5, 0.6) is 5.75 Å². The highest BCUT2D eigenvalue weighted by Crippen LogP contribution is 2.44. The second-order valence-electron chi connectivity index (χ2n) is 10.8. The van der Waals surface area contributed by atoms with E-state index in [-0.39, 0.29) is 22.0 Å². The molecule has 1 unspecified atom stereocenters. The number of carbonyl (C=O) groups excluding carboxylic acids is 3. The molecule has 0 bridgehead atoms. The minimum absolute atomic E-state index is 0.120. The van der Waals surface area contributed by atoms with Crippen molar-refractivity contribution in [3.05, 3.63) is 141 Å². The number of aromatic nitrogens is 2. The molecule has 6 rings (SSSR count). The van der Waals surface area contributed by atoms with Gasteiger partial charge in [-0.25, -0.2) is 4.79 Å². The molecule has 1 aliphatic heterocycles. The second kappa shape index (κ2) is 14.4. The van der Waals surface area contributed by atoms with E-state index in [2.05, 4.69) is 10.2 Å². The van der Waals surface area contributed by atoms with Gasteiger partial charge in [0.15, 0.2) is 4.34 Å². The maximum Gasteiger partial charge on any atom is 0.337 e. The normalized spacial score (nSPS) is 15.5. The number of aryl methyl sites for hydroxylation is 1. The summed E-state index contributed by atoms with van der Waals surface area (Å²) in [4.78, 5) is 40.6. The number of nitrogens with zero attached hydrogens (tertiary/aromatic N) is 3. The third-order valence-corrected chi connectivity index (χ3v) is 10.1. The standard InChI is InChI=1S/C36H28ClN3O6S2/c1-21-5-3-4-6-26(21)19-46-28-17-13-24(14-18-28)31(41)29-30(23-9-11-25(12-10-23)34(44)45-2)40(33(43)32(29)42)35-38-39-36(48-35)47-20-22-7-15-27(37)16-8-22/h3-18,30,41H,19-20H2,1-2H3. The molecule has 0 spiro atoms. The lowest BCUT2D eigenvalue weighted by atomic mass is 9.94. The lowest BCUT2D eigenvalue weighted by molar-refractivity contribution is -0.132. The molecule has 2 heterocycles. The number of aliphatic hydroxyl groups excluding tert-OH is 1. The number of benzene rings is 4. The zero-order chi connectivity index (χ0) is 33.8. The Morgan fingerprint density at radius 2 is 1.62 bits per heavy atom. The molecule has 0 aliphatic carbocycles. The zero-order valence-corrected chi connectivity index (χ0v) is 28.1. The summed E-state index contributed by atoms with van der Waals surface area (Å²) in [5, 5.41) is 20.9. The number of aliphatic hydroxyl groups is 1.